The van der Waals surface area contributed by atoms with Crippen molar-refractivity contribution in [3.63, 3.8) is 0 Å². The van der Waals surface area contributed by atoms with Crippen molar-refractivity contribution in [1.29, 1.82) is 0 Å². The Bertz CT molecular complexity index is 478. The van der Waals surface area contributed by atoms with Crippen molar-refractivity contribution >= 4 is 17.5 Å². The number of hydrogen-bond acceptors (Lipinski definition) is 2. The standard InChI is InChI=1S/C17H23ClN2O/c18-15-5-3-13(4-6-15)12-20(16-7-8-16)17(21)10-14-2-1-9-19-11-14/h3-6,14,16,19H,1-2,7-12H2. The van der Waals surface area contributed by atoms with E-state index in [9.17, 15) is 4.79 Å². The number of piperidine rings is 1. The molecule has 0 aromatic heterocycles. The molecule has 0 radical (unpaired) electrons. The first-order chi connectivity index (χ1) is 10.2. The summed E-state index contributed by atoms with van der Waals surface area (Å²) in [6.45, 7) is 2.81. The van der Waals surface area contributed by atoms with Gasteiger partial charge < -0.3 is 10.2 Å². The van der Waals surface area contributed by atoms with E-state index in [-0.39, 0.29) is 0 Å². The number of nitrogens with one attached hydrogen (secondary N) is 1. The van der Waals surface area contributed by atoms with Crippen LogP contribution in [0.2, 0.25) is 5.02 Å². The molecule has 4 heteroatoms. The lowest BCUT2D eigenvalue weighted by molar-refractivity contribution is -0.133. The van der Waals surface area contributed by atoms with Crippen LogP contribution in [-0.2, 0) is 11.3 Å². The van der Waals surface area contributed by atoms with Gasteiger partial charge in [0.25, 0.3) is 0 Å². The van der Waals surface area contributed by atoms with Crippen LogP contribution in [0.25, 0.3) is 0 Å². The summed E-state index contributed by atoms with van der Waals surface area (Å²) in [6, 6.07) is 8.31. The van der Waals surface area contributed by atoms with E-state index in [0.717, 1.165) is 37.5 Å². The van der Waals surface area contributed by atoms with Gasteiger partial charge in [-0.2, -0.15) is 0 Å². The number of hydrogen-bond donors (Lipinski definition) is 1. The Morgan fingerprint density at radius 1 is 1.24 bits per heavy atom. The molecule has 1 aliphatic carbocycles. The third-order valence-electron chi connectivity index (χ3n) is 4.44. The van der Waals surface area contributed by atoms with Crippen LogP contribution < -0.4 is 5.32 Å². The molecule has 1 amide bonds. The second kappa shape index (κ2) is 6.80. The second-order valence-corrected chi connectivity index (χ2v) is 6.73. The van der Waals surface area contributed by atoms with Crippen molar-refractivity contribution in [3.05, 3.63) is 34.9 Å². The van der Waals surface area contributed by atoms with E-state index in [1.807, 2.05) is 24.3 Å². The first-order valence-corrected chi connectivity index (χ1v) is 8.35. The summed E-state index contributed by atoms with van der Waals surface area (Å²) in [7, 11) is 0. The highest BCUT2D eigenvalue weighted by Gasteiger charge is 2.33. The summed E-state index contributed by atoms with van der Waals surface area (Å²) < 4.78 is 0. The van der Waals surface area contributed by atoms with Gasteiger partial charge in [0.15, 0.2) is 0 Å². The number of carbonyl (C=O) groups is 1. The zero-order valence-corrected chi connectivity index (χ0v) is 13.1. The van der Waals surface area contributed by atoms with Crippen molar-refractivity contribution in [2.24, 2.45) is 5.92 Å². The Morgan fingerprint density at radius 2 is 2.00 bits per heavy atom. The fourth-order valence-electron chi connectivity index (χ4n) is 3.06. The minimum Gasteiger partial charge on any atom is -0.335 e. The average molecular weight is 307 g/mol. The molecule has 3 rings (SSSR count). The zero-order valence-electron chi connectivity index (χ0n) is 12.4. The number of halogens is 1. The van der Waals surface area contributed by atoms with Crippen molar-refractivity contribution in [3.8, 4) is 0 Å². The predicted octanol–water partition coefficient (Wildman–Crippen LogP) is 3.22. The maximum atomic E-state index is 12.6. The molecule has 0 bridgehead atoms. The Hall–Kier alpha value is -1.06. The van der Waals surface area contributed by atoms with E-state index in [4.69, 9.17) is 11.6 Å². The second-order valence-electron chi connectivity index (χ2n) is 6.30. The van der Waals surface area contributed by atoms with Gasteiger partial charge in [-0.05, 0) is 62.4 Å². The number of amides is 1. The van der Waals surface area contributed by atoms with Crippen LogP contribution in [0.3, 0.4) is 0 Å². The molecular weight excluding hydrogens is 284 g/mol. The van der Waals surface area contributed by atoms with Crippen LogP contribution in [0.15, 0.2) is 24.3 Å². The van der Waals surface area contributed by atoms with Crippen LogP contribution in [0.1, 0.15) is 37.7 Å². The molecular formula is C17H23ClN2O. The number of benzene rings is 1. The number of rotatable bonds is 5. The molecule has 21 heavy (non-hydrogen) atoms. The van der Waals surface area contributed by atoms with Gasteiger partial charge in [-0.1, -0.05) is 23.7 Å². The van der Waals surface area contributed by atoms with Crippen molar-refractivity contribution in [2.45, 2.75) is 44.7 Å². The lowest BCUT2D eigenvalue weighted by atomic mass is 9.95. The lowest BCUT2D eigenvalue weighted by Gasteiger charge is -2.27. The van der Waals surface area contributed by atoms with Crippen molar-refractivity contribution in [1.82, 2.24) is 10.2 Å². The molecule has 0 spiro atoms. The minimum atomic E-state index is 0.321. The molecule has 3 nitrogen and oxygen atoms in total. The monoisotopic (exact) mass is 306 g/mol. The fraction of sp³-hybridized carbons (Fsp3) is 0.588. The normalized spacial score (nSPS) is 22.0. The number of carbonyl (C=O) groups excluding carboxylic acids is 1. The van der Waals surface area contributed by atoms with Gasteiger partial charge >= 0.3 is 0 Å². The maximum absolute atomic E-state index is 12.6. The third-order valence-corrected chi connectivity index (χ3v) is 4.69. The van der Waals surface area contributed by atoms with E-state index in [2.05, 4.69) is 10.2 Å². The summed E-state index contributed by atoms with van der Waals surface area (Å²) in [5, 5.41) is 4.14. The van der Waals surface area contributed by atoms with E-state index in [1.165, 1.54) is 18.4 Å². The van der Waals surface area contributed by atoms with Crippen molar-refractivity contribution in [2.75, 3.05) is 13.1 Å². The molecule has 1 atom stereocenters. The number of nitrogens with zero attached hydrogens (tertiary/aromatic N) is 1. The lowest BCUT2D eigenvalue weighted by Crippen LogP contribution is -2.37. The highest BCUT2D eigenvalue weighted by atomic mass is 35.5. The molecule has 1 heterocycles. The van der Waals surface area contributed by atoms with Gasteiger partial charge in [0.1, 0.15) is 0 Å². The summed E-state index contributed by atoms with van der Waals surface area (Å²) in [6.07, 6.45) is 5.37. The minimum absolute atomic E-state index is 0.321. The van der Waals surface area contributed by atoms with E-state index < -0.39 is 0 Å². The molecule has 1 unspecified atom stereocenters. The van der Waals surface area contributed by atoms with Crippen LogP contribution >= 0.6 is 11.6 Å². The van der Waals surface area contributed by atoms with Crippen LogP contribution in [-0.4, -0.2) is 29.9 Å². The van der Waals surface area contributed by atoms with E-state index in [1.54, 1.807) is 0 Å². The molecule has 114 valence electrons. The highest BCUT2D eigenvalue weighted by Crippen LogP contribution is 2.30. The van der Waals surface area contributed by atoms with E-state index in [0.29, 0.717) is 24.3 Å². The van der Waals surface area contributed by atoms with Crippen LogP contribution in [0.4, 0.5) is 0 Å². The Morgan fingerprint density at radius 3 is 2.62 bits per heavy atom. The largest absolute Gasteiger partial charge is 0.335 e. The van der Waals surface area contributed by atoms with Gasteiger partial charge in [-0.25, -0.2) is 0 Å². The van der Waals surface area contributed by atoms with Gasteiger partial charge in [-0.15, -0.1) is 0 Å². The zero-order chi connectivity index (χ0) is 14.7. The highest BCUT2D eigenvalue weighted by molar-refractivity contribution is 6.30. The summed E-state index contributed by atoms with van der Waals surface area (Å²) in [5.74, 6) is 0.832. The molecule has 2 aliphatic rings. The van der Waals surface area contributed by atoms with Gasteiger partial charge in [0.2, 0.25) is 5.91 Å². The maximum Gasteiger partial charge on any atom is 0.223 e. The first-order valence-electron chi connectivity index (χ1n) is 7.97. The molecule has 2 fully saturated rings. The average Bonchev–Trinajstić information content (AvgIpc) is 3.32. The van der Waals surface area contributed by atoms with Crippen molar-refractivity contribution < 1.29 is 4.79 Å². The predicted molar refractivity (Wildman–Crippen MR) is 85.2 cm³/mol. The Labute approximate surface area is 131 Å². The van der Waals surface area contributed by atoms with Gasteiger partial charge in [-0.3, -0.25) is 4.79 Å². The first kappa shape index (κ1) is 14.9. The molecule has 1 aromatic rings. The topological polar surface area (TPSA) is 32.3 Å². The summed E-state index contributed by atoms with van der Waals surface area (Å²) in [4.78, 5) is 14.7. The molecule has 1 aromatic carbocycles. The summed E-state index contributed by atoms with van der Waals surface area (Å²) >= 11 is 5.93. The van der Waals surface area contributed by atoms with Gasteiger partial charge in [0, 0.05) is 24.0 Å². The smallest absolute Gasteiger partial charge is 0.223 e. The summed E-state index contributed by atoms with van der Waals surface area (Å²) in [5.41, 5.74) is 1.17. The Balaban J connectivity index is 1.60. The SMILES string of the molecule is O=C(CC1CCCNC1)N(Cc1ccc(Cl)cc1)C1CC1. The Kier molecular flexibility index (Phi) is 4.81. The van der Waals surface area contributed by atoms with E-state index >= 15 is 0 Å². The van der Waals surface area contributed by atoms with Crippen LogP contribution in [0, 0.1) is 5.92 Å². The van der Waals surface area contributed by atoms with Gasteiger partial charge in [0.05, 0.1) is 0 Å². The fourth-order valence-corrected chi connectivity index (χ4v) is 3.18. The quantitative estimate of drug-likeness (QED) is 0.906. The molecule has 1 N–H and O–H groups in total. The molecule has 1 saturated carbocycles. The van der Waals surface area contributed by atoms with Crippen LogP contribution in [0.5, 0.6) is 0 Å². The molecule has 1 saturated heterocycles. The third kappa shape index (κ3) is 4.21. The molecule has 1 aliphatic heterocycles.